The zero-order valence-corrected chi connectivity index (χ0v) is 24.3. The SMILES string of the molecule is NC(=O)C(=O)C(CC1CC1)NC(=O)[C@@H]1C2C(CN1C(=O)[C@@H](NC(=O)OC1CCCCC1)C1CCCCC1)C2(Cl)Cl. The predicted molar refractivity (Wildman–Crippen MR) is 147 cm³/mol. The summed E-state index contributed by atoms with van der Waals surface area (Å²) in [5, 5.41) is 5.56. The van der Waals surface area contributed by atoms with E-state index in [1.54, 1.807) is 0 Å². The van der Waals surface area contributed by atoms with E-state index in [9.17, 15) is 24.0 Å². The zero-order chi connectivity index (χ0) is 28.6. The first kappa shape index (κ1) is 29.4. The van der Waals surface area contributed by atoms with Gasteiger partial charge in [-0.25, -0.2) is 4.79 Å². The van der Waals surface area contributed by atoms with Gasteiger partial charge in [0.2, 0.25) is 17.6 Å². The number of nitrogens with two attached hydrogens (primary N) is 1. The smallest absolute Gasteiger partial charge is 0.408 e. The first-order valence-electron chi connectivity index (χ1n) is 14.9. The third-order valence-electron chi connectivity index (χ3n) is 9.51. The number of nitrogens with one attached hydrogen (secondary N) is 2. The highest BCUT2D eigenvalue weighted by Gasteiger charge is 2.74. The number of likely N-dealkylation sites (tertiary alicyclic amines) is 1. The summed E-state index contributed by atoms with van der Waals surface area (Å²) < 4.78 is 4.51. The fourth-order valence-corrected chi connectivity index (χ4v) is 7.83. The number of carbonyl (C=O) groups excluding carboxylic acids is 5. The van der Waals surface area contributed by atoms with E-state index in [1.165, 1.54) is 4.90 Å². The number of rotatable bonds is 10. The standard InChI is InChI=1S/C28H40Cl2N4O6/c29-28(30)18-14-34(22(20(18)28)25(37)32-19(13-15-11-12-15)23(35)24(31)36)26(38)21(16-7-3-1-4-8-16)33-27(39)40-17-9-5-2-6-10-17/h15-22H,1-14H2,(H2,31,36)(H,32,37)(H,33,39)/t18?,19?,20?,21-,22-/m0/s1. The summed E-state index contributed by atoms with van der Waals surface area (Å²) in [6.45, 7) is 0.161. The maximum atomic E-state index is 14.1. The van der Waals surface area contributed by atoms with Gasteiger partial charge < -0.3 is 26.0 Å². The van der Waals surface area contributed by atoms with Crippen molar-refractivity contribution >= 4 is 52.8 Å². The van der Waals surface area contributed by atoms with Crippen LogP contribution in [-0.2, 0) is 23.9 Å². The molecule has 4 aliphatic carbocycles. The lowest BCUT2D eigenvalue weighted by molar-refractivity contribution is -0.144. The molecule has 5 fully saturated rings. The largest absolute Gasteiger partial charge is 0.446 e. The van der Waals surface area contributed by atoms with Crippen molar-refractivity contribution in [2.75, 3.05) is 6.54 Å². The van der Waals surface area contributed by atoms with Gasteiger partial charge in [0.25, 0.3) is 5.91 Å². The fraction of sp³-hybridized carbons (Fsp3) is 0.821. The Hall–Kier alpha value is -2.07. The molecule has 4 amide bonds. The summed E-state index contributed by atoms with van der Waals surface area (Å²) in [5.41, 5.74) is 5.25. The van der Waals surface area contributed by atoms with E-state index < -0.39 is 52.1 Å². The third kappa shape index (κ3) is 6.37. The second-order valence-electron chi connectivity index (χ2n) is 12.4. The van der Waals surface area contributed by atoms with Crippen LogP contribution in [0.4, 0.5) is 4.79 Å². The third-order valence-corrected chi connectivity index (χ3v) is 10.6. The molecular formula is C28H40Cl2N4O6. The van der Waals surface area contributed by atoms with Crippen molar-refractivity contribution in [3.63, 3.8) is 0 Å². The van der Waals surface area contributed by atoms with Crippen LogP contribution in [0, 0.1) is 23.7 Å². The molecule has 1 aliphatic heterocycles. The van der Waals surface area contributed by atoms with E-state index in [4.69, 9.17) is 33.7 Å². The molecule has 4 saturated carbocycles. The van der Waals surface area contributed by atoms with Crippen LogP contribution in [0.5, 0.6) is 0 Å². The van der Waals surface area contributed by atoms with Gasteiger partial charge in [-0.1, -0.05) is 38.5 Å². The average Bonchev–Trinajstić information content (AvgIpc) is 3.79. The number of alkyl halides is 2. The van der Waals surface area contributed by atoms with E-state index in [0.29, 0.717) is 6.42 Å². The highest BCUT2D eigenvalue weighted by Crippen LogP contribution is 2.65. The van der Waals surface area contributed by atoms with Gasteiger partial charge in [0.05, 0.1) is 6.04 Å². The Balaban J connectivity index is 1.33. The van der Waals surface area contributed by atoms with Crippen molar-refractivity contribution < 1.29 is 28.7 Å². The number of ether oxygens (including phenoxy) is 1. The minimum absolute atomic E-state index is 0.0865. The molecule has 0 aromatic carbocycles. The normalized spacial score (nSPS) is 29.6. The molecule has 1 heterocycles. The summed E-state index contributed by atoms with van der Waals surface area (Å²) in [7, 11) is 0. The Morgan fingerprint density at radius 1 is 0.900 bits per heavy atom. The van der Waals surface area contributed by atoms with Crippen LogP contribution in [0.25, 0.3) is 0 Å². The molecular weight excluding hydrogens is 559 g/mol. The minimum atomic E-state index is -1.17. The van der Waals surface area contributed by atoms with Gasteiger partial charge in [0.15, 0.2) is 0 Å². The average molecular weight is 600 g/mol. The Morgan fingerprint density at radius 3 is 2.12 bits per heavy atom. The van der Waals surface area contributed by atoms with E-state index in [2.05, 4.69) is 10.6 Å². The van der Waals surface area contributed by atoms with Crippen LogP contribution in [0.15, 0.2) is 0 Å². The zero-order valence-electron chi connectivity index (χ0n) is 22.7. The van der Waals surface area contributed by atoms with Crippen molar-refractivity contribution in [1.29, 1.82) is 0 Å². The molecule has 222 valence electrons. The Kier molecular flexibility index (Phi) is 8.86. The Morgan fingerprint density at radius 2 is 1.52 bits per heavy atom. The van der Waals surface area contributed by atoms with Crippen molar-refractivity contribution in [2.24, 2.45) is 29.4 Å². The molecule has 12 heteroatoms. The highest BCUT2D eigenvalue weighted by atomic mass is 35.5. The highest BCUT2D eigenvalue weighted by molar-refractivity contribution is 6.51. The molecule has 10 nitrogen and oxygen atoms in total. The lowest BCUT2D eigenvalue weighted by atomic mass is 9.83. The maximum Gasteiger partial charge on any atom is 0.408 e. The number of nitrogens with zero attached hydrogens (tertiary/aromatic N) is 1. The molecule has 5 atom stereocenters. The predicted octanol–water partition coefficient (Wildman–Crippen LogP) is 2.96. The maximum absolute atomic E-state index is 14.1. The number of hydrogen-bond donors (Lipinski definition) is 3. The molecule has 3 unspecified atom stereocenters. The van der Waals surface area contributed by atoms with Crippen LogP contribution in [0.3, 0.4) is 0 Å². The van der Waals surface area contributed by atoms with Crippen LogP contribution in [-0.4, -0.2) is 69.6 Å². The van der Waals surface area contributed by atoms with Crippen LogP contribution in [0.1, 0.15) is 83.5 Å². The van der Waals surface area contributed by atoms with E-state index >= 15 is 0 Å². The molecule has 5 aliphatic rings. The van der Waals surface area contributed by atoms with Gasteiger partial charge in [0, 0.05) is 18.4 Å². The lowest BCUT2D eigenvalue weighted by Gasteiger charge is -2.36. The number of piperidine rings is 1. The number of ketones is 1. The van der Waals surface area contributed by atoms with Gasteiger partial charge in [-0.3, -0.25) is 19.2 Å². The van der Waals surface area contributed by atoms with Crippen molar-refractivity contribution in [3.8, 4) is 0 Å². The number of Topliss-reactive ketones (excluding diaryl/α,β-unsaturated/α-hetero) is 1. The molecule has 0 aromatic rings. The van der Waals surface area contributed by atoms with Gasteiger partial charge in [-0.05, 0) is 56.8 Å². The van der Waals surface area contributed by atoms with Crippen LogP contribution in [0.2, 0.25) is 0 Å². The Labute approximate surface area is 244 Å². The summed E-state index contributed by atoms with van der Waals surface area (Å²) in [6, 6.07) is -2.94. The van der Waals surface area contributed by atoms with Gasteiger partial charge in [-0.2, -0.15) is 0 Å². The number of carbonyl (C=O) groups is 5. The summed E-state index contributed by atoms with van der Waals surface area (Å²) in [5.74, 6) is -3.62. The molecule has 40 heavy (non-hydrogen) atoms. The molecule has 0 radical (unpaired) electrons. The molecule has 0 aromatic heterocycles. The van der Waals surface area contributed by atoms with Crippen molar-refractivity contribution in [3.05, 3.63) is 0 Å². The fourth-order valence-electron chi connectivity index (χ4n) is 7.00. The molecule has 5 rings (SSSR count). The minimum Gasteiger partial charge on any atom is -0.446 e. The monoisotopic (exact) mass is 598 g/mol. The van der Waals surface area contributed by atoms with E-state index in [-0.39, 0.29) is 36.3 Å². The Bertz CT molecular complexity index is 1020. The first-order valence-corrected chi connectivity index (χ1v) is 15.6. The van der Waals surface area contributed by atoms with Crippen LogP contribution < -0.4 is 16.4 Å². The second-order valence-corrected chi connectivity index (χ2v) is 13.8. The number of primary amides is 1. The second kappa shape index (κ2) is 12.0. The molecule has 4 N–H and O–H groups in total. The number of alkyl carbamates (subject to hydrolysis) is 1. The van der Waals surface area contributed by atoms with Crippen molar-refractivity contribution in [1.82, 2.24) is 15.5 Å². The number of amides is 4. The van der Waals surface area contributed by atoms with Gasteiger partial charge in [-0.15, -0.1) is 23.2 Å². The van der Waals surface area contributed by atoms with Crippen LogP contribution >= 0.6 is 23.2 Å². The summed E-state index contributed by atoms with van der Waals surface area (Å²) in [4.78, 5) is 66.4. The molecule has 0 bridgehead atoms. The van der Waals surface area contributed by atoms with Gasteiger partial charge >= 0.3 is 6.09 Å². The van der Waals surface area contributed by atoms with Crippen molar-refractivity contribution in [2.45, 2.75) is 112 Å². The van der Waals surface area contributed by atoms with E-state index in [1.807, 2.05) is 0 Å². The first-order chi connectivity index (χ1) is 19.1. The summed E-state index contributed by atoms with van der Waals surface area (Å²) >= 11 is 13.0. The lowest BCUT2D eigenvalue weighted by Crippen LogP contribution is -2.59. The number of hydrogen-bond acceptors (Lipinski definition) is 6. The van der Waals surface area contributed by atoms with E-state index in [0.717, 1.165) is 77.0 Å². The van der Waals surface area contributed by atoms with Gasteiger partial charge in [0.1, 0.15) is 22.5 Å². The molecule has 1 saturated heterocycles. The number of halogens is 2. The summed E-state index contributed by atoms with van der Waals surface area (Å²) in [6.07, 6.45) is 10.7. The number of fused-ring (bicyclic) bond motifs is 1. The molecule has 0 spiro atoms. The topological polar surface area (TPSA) is 148 Å². The quantitative estimate of drug-likeness (QED) is 0.260.